The van der Waals surface area contributed by atoms with Crippen molar-refractivity contribution in [2.45, 2.75) is 25.9 Å². The first-order valence-electron chi connectivity index (χ1n) is 3.09. The van der Waals surface area contributed by atoms with Gasteiger partial charge in [0.15, 0.2) is 0 Å². The van der Waals surface area contributed by atoms with Gasteiger partial charge in [0.05, 0.1) is 6.10 Å². The molecule has 0 aromatic rings. The van der Waals surface area contributed by atoms with Crippen molar-refractivity contribution in [3.63, 3.8) is 0 Å². The van der Waals surface area contributed by atoms with Gasteiger partial charge in [0, 0.05) is 0 Å². The average Bonchev–Trinajstić information content (AvgIpc) is 1.84. The monoisotopic (exact) mass is 168 g/mol. The van der Waals surface area contributed by atoms with E-state index < -0.39 is 18.5 Å². The highest BCUT2D eigenvalue weighted by Crippen LogP contribution is 2.14. The number of aliphatic carboxylic acids is 1. The minimum absolute atomic E-state index is 0.389. The highest BCUT2D eigenvalue weighted by molar-refractivity contribution is 5.75. The quantitative estimate of drug-likeness (QED) is 0.684. The van der Waals surface area contributed by atoms with Crippen LogP contribution in [0.3, 0.4) is 0 Å². The van der Waals surface area contributed by atoms with Crippen LogP contribution in [0.15, 0.2) is 0 Å². The maximum absolute atomic E-state index is 12.2. The molecular formula is C6H10F2O3. The third-order valence-corrected chi connectivity index (χ3v) is 0.911. The zero-order chi connectivity index (χ0) is 9.07. The first-order chi connectivity index (χ1) is 4.86. The van der Waals surface area contributed by atoms with Crippen LogP contribution < -0.4 is 0 Å². The number of alkyl halides is 2. The molecule has 0 aliphatic heterocycles. The van der Waals surface area contributed by atoms with Gasteiger partial charge in [0.25, 0.3) is 0 Å². The third-order valence-electron chi connectivity index (χ3n) is 0.911. The van der Waals surface area contributed by atoms with Gasteiger partial charge in [-0.15, -0.1) is 0 Å². The number of hydrogen-bond donors (Lipinski definition) is 1. The van der Waals surface area contributed by atoms with Crippen LogP contribution >= 0.6 is 0 Å². The smallest absolute Gasteiger partial charge is 0.377 e. The Morgan fingerprint density at radius 2 is 2.09 bits per heavy atom. The zero-order valence-electron chi connectivity index (χ0n) is 6.30. The highest BCUT2D eigenvalue weighted by atomic mass is 19.3. The molecule has 0 saturated carbocycles. The molecule has 11 heavy (non-hydrogen) atoms. The minimum atomic E-state index is -3.77. The van der Waals surface area contributed by atoms with Gasteiger partial charge >= 0.3 is 11.9 Å². The van der Waals surface area contributed by atoms with Crippen molar-refractivity contribution in [2.75, 3.05) is 6.61 Å². The molecule has 0 fully saturated rings. The Hall–Kier alpha value is -0.710. The fraction of sp³-hybridized carbons (Fsp3) is 0.833. The average molecular weight is 168 g/mol. The summed E-state index contributed by atoms with van der Waals surface area (Å²) in [6.07, 6.45) is -0.389. The van der Waals surface area contributed by atoms with Gasteiger partial charge in [0.1, 0.15) is 6.61 Å². The highest BCUT2D eigenvalue weighted by Gasteiger charge is 2.39. The lowest BCUT2D eigenvalue weighted by atomic mass is 10.3. The summed E-state index contributed by atoms with van der Waals surface area (Å²) in [5.41, 5.74) is 0. The predicted octanol–water partition coefficient (Wildman–Crippen LogP) is 1.13. The molecule has 0 amide bonds. The summed E-state index contributed by atoms with van der Waals surface area (Å²) < 4.78 is 28.8. The summed E-state index contributed by atoms with van der Waals surface area (Å²) >= 11 is 0. The van der Waals surface area contributed by atoms with Gasteiger partial charge < -0.3 is 9.84 Å². The van der Waals surface area contributed by atoms with E-state index in [1.54, 1.807) is 13.8 Å². The van der Waals surface area contributed by atoms with Crippen molar-refractivity contribution in [3.8, 4) is 0 Å². The van der Waals surface area contributed by atoms with E-state index in [-0.39, 0.29) is 6.10 Å². The van der Waals surface area contributed by atoms with Crippen molar-refractivity contribution >= 4 is 5.97 Å². The largest absolute Gasteiger partial charge is 0.477 e. The van der Waals surface area contributed by atoms with Gasteiger partial charge in [-0.05, 0) is 13.8 Å². The van der Waals surface area contributed by atoms with Crippen LogP contribution in [0.5, 0.6) is 0 Å². The first-order valence-corrected chi connectivity index (χ1v) is 3.09. The number of carboxylic acid groups (broad SMARTS) is 1. The Kier molecular flexibility index (Phi) is 3.38. The molecule has 0 saturated heterocycles. The maximum atomic E-state index is 12.2. The van der Waals surface area contributed by atoms with E-state index >= 15 is 0 Å². The molecule has 0 aromatic carbocycles. The molecule has 5 heteroatoms. The summed E-state index contributed by atoms with van der Waals surface area (Å²) in [6, 6.07) is 0. The molecule has 3 nitrogen and oxygen atoms in total. The number of carbonyl (C=O) groups is 1. The number of carboxylic acids is 1. The Morgan fingerprint density at radius 1 is 1.64 bits per heavy atom. The van der Waals surface area contributed by atoms with E-state index in [0.717, 1.165) is 0 Å². The second kappa shape index (κ2) is 3.61. The molecular weight excluding hydrogens is 158 g/mol. The molecule has 0 aliphatic carbocycles. The Balaban J connectivity index is 3.83. The number of ether oxygens (including phenoxy) is 1. The van der Waals surface area contributed by atoms with Crippen molar-refractivity contribution in [2.24, 2.45) is 0 Å². The van der Waals surface area contributed by atoms with Crippen LogP contribution in [0.1, 0.15) is 13.8 Å². The molecule has 0 aromatic heterocycles. The summed E-state index contributed by atoms with van der Waals surface area (Å²) in [5.74, 6) is -5.93. The van der Waals surface area contributed by atoms with E-state index in [2.05, 4.69) is 4.74 Å². The number of hydrogen-bond acceptors (Lipinski definition) is 2. The van der Waals surface area contributed by atoms with Gasteiger partial charge in [-0.2, -0.15) is 8.78 Å². The molecule has 66 valence electrons. The summed E-state index contributed by atoms with van der Waals surface area (Å²) in [7, 11) is 0. The van der Waals surface area contributed by atoms with Gasteiger partial charge in [0.2, 0.25) is 0 Å². The molecule has 0 unspecified atom stereocenters. The lowest BCUT2D eigenvalue weighted by Gasteiger charge is -2.13. The molecule has 0 bridgehead atoms. The van der Waals surface area contributed by atoms with Crippen LogP contribution in [0.25, 0.3) is 0 Å². The van der Waals surface area contributed by atoms with Crippen LogP contribution in [0.4, 0.5) is 8.78 Å². The van der Waals surface area contributed by atoms with Crippen molar-refractivity contribution in [3.05, 3.63) is 0 Å². The van der Waals surface area contributed by atoms with Crippen molar-refractivity contribution in [1.29, 1.82) is 0 Å². The van der Waals surface area contributed by atoms with Crippen LogP contribution in [0, 0.1) is 0 Å². The summed E-state index contributed by atoms with van der Waals surface area (Å²) in [4.78, 5) is 9.80. The van der Waals surface area contributed by atoms with Crippen LogP contribution in [-0.4, -0.2) is 29.7 Å². The van der Waals surface area contributed by atoms with E-state index in [1.807, 2.05) is 0 Å². The number of halogens is 2. The fourth-order valence-electron chi connectivity index (χ4n) is 0.333. The Morgan fingerprint density at radius 3 is 2.36 bits per heavy atom. The van der Waals surface area contributed by atoms with Gasteiger partial charge in [-0.3, -0.25) is 0 Å². The van der Waals surface area contributed by atoms with E-state index in [4.69, 9.17) is 5.11 Å². The molecule has 0 radical (unpaired) electrons. The second-order valence-electron chi connectivity index (χ2n) is 2.37. The zero-order valence-corrected chi connectivity index (χ0v) is 6.30. The predicted molar refractivity (Wildman–Crippen MR) is 33.7 cm³/mol. The lowest BCUT2D eigenvalue weighted by molar-refractivity contribution is -0.175. The number of rotatable bonds is 4. The summed E-state index contributed by atoms with van der Waals surface area (Å²) in [5, 5.41) is 7.92. The Bertz CT molecular complexity index is 145. The minimum Gasteiger partial charge on any atom is -0.477 e. The van der Waals surface area contributed by atoms with Gasteiger partial charge in [-0.25, -0.2) is 4.79 Å². The van der Waals surface area contributed by atoms with Crippen molar-refractivity contribution < 1.29 is 23.4 Å². The van der Waals surface area contributed by atoms with Crippen LogP contribution in [0.2, 0.25) is 0 Å². The summed E-state index contributed by atoms with van der Waals surface area (Å²) in [6.45, 7) is 2.04. The second-order valence-corrected chi connectivity index (χ2v) is 2.37. The SMILES string of the molecule is CC(C)OCC(F)(F)C(=O)O. The standard InChI is InChI=1S/C6H10F2O3/c1-4(2)11-3-6(7,8)5(9)10/h4H,3H2,1-2H3,(H,9,10). The molecule has 0 spiro atoms. The topological polar surface area (TPSA) is 46.5 Å². The molecule has 0 heterocycles. The third kappa shape index (κ3) is 3.87. The normalized spacial score (nSPS) is 12.1. The first kappa shape index (κ1) is 10.3. The molecule has 1 N–H and O–H groups in total. The van der Waals surface area contributed by atoms with Gasteiger partial charge in [-0.1, -0.05) is 0 Å². The molecule has 0 aliphatic rings. The van der Waals surface area contributed by atoms with E-state index in [1.165, 1.54) is 0 Å². The fourth-order valence-corrected chi connectivity index (χ4v) is 0.333. The van der Waals surface area contributed by atoms with Crippen LogP contribution in [-0.2, 0) is 9.53 Å². The van der Waals surface area contributed by atoms with Crippen molar-refractivity contribution in [1.82, 2.24) is 0 Å². The molecule has 0 atom stereocenters. The molecule has 0 rings (SSSR count). The lowest BCUT2D eigenvalue weighted by Crippen LogP contribution is -2.34. The Labute approximate surface area is 63.0 Å². The van der Waals surface area contributed by atoms with E-state index in [9.17, 15) is 13.6 Å². The van der Waals surface area contributed by atoms with E-state index in [0.29, 0.717) is 0 Å². The maximum Gasteiger partial charge on any atom is 0.377 e.